The van der Waals surface area contributed by atoms with Crippen LogP contribution in [0.3, 0.4) is 0 Å². The number of rotatable bonds is 3. The first-order valence-electron chi connectivity index (χ1n) is 4.41. The lowest BCUT2D eigenvalue weighted by Crippen LogP contribution is -2.37. The van der Waals surface area contributed by atoms with Crippen molar-refractivity contribution >= 4 is 23.4 Å². The number of hydrogen-bond acceptors (Lipinski definition) is 2. The summed E-state index contributed by atoms with van der Waals surface area (Å²) in [5.74, 6) is -1.73. The highest BCUT2D eigenvalue weighted by atomic mass is 35.5. The van der Waals surface area contributed by atoms with E-state index in [1.54, 1.807) is 12.1 Å². The molecular weight excluding hydrogens is 216 g/mol. The predicted octanol–water partition coefficient (Wildman–Crippen LogP) is 0.484. The number of amides is 2. The average molecular weight is 227 g/mol. The Morgan fingerprint density at radius 1 is 1.27 bits per heavy atom. The van der Waals surface area contributed by atoms with Crippen molar-refractivity contribution in [2.45, 2.75) is 6.42 Å². The van der Waals surface area contributed by atoms with Crippen LogP contribution in [-0.2, 0) is 16.0 Å². The Balaban J connectivity index is 2.35. The largest absolute Gasteiger partial charge is 0.361 e. The van der Waals surface area contributed by atoms with E-state index >= 15 is 0 Å². The monoisotopic (exact) mass is 226 g/mol. The van der Waals surface area contributed by atoms with Gasteiger partial charge in [-0.1, -0.05) is 23.7 Å². The Morgan fingerprint density at radius 2 is 1.87 bits per heavy atom. The molecule has 1 rings (SSSR count). The summed E-state index contributed by atoms with van der Waals surface area (Å²) in [5, 5.41) is 3.07. The van der Waals surface area contributed by atoms with Gasteiger partial charge in [0.05, 0.1) is 0 Å². The van der Waals surface area contributed by atoms with Crippen LogP contribution in [0.5, 0.6) is 0 Å². The number of halogens is 1. The molecule has 0 radical (unpaired) electrons. The third kappa shape index (κ3) is 3.99. The van der Waals surface area contributed by atoms with E-state index in [-0.39, 0.29) is 0 Å². The number of benzene rings is 1. The Morgan fingerprint density at radius 3 is 2.40 bits per heavy atom. The van der Waals surface area contributed by atoms with Crippen LogP contribution in [0.2, 0.25) is 5.02 Å². The third-order valence-corrected chi connectivity index (χ3v) is 2.09. The van der Waals surface area contributed by atoms with Gasteiger partial charge in [0.25, 0.3) is 0 Å². The summed E-state index contributed by atoms with van der Waals surface area (Å²) in [6.45, 7) is 0.378. The van der Waals surface area contributed by atoms with Gasteiger partial charge in [0.2, 0.25) is 0 Å². The van der Waals surface area contributed by atoms with Crippen LogP contribution >= 0.6 is 11.6 Å². The van der Waals surface area contributed by atoms with E-state index in [2.05, 4.69) is 5.32 Å². The molecule has 0 saturated heterocycles. The molecule has 1 aromatic rings. The van der Waals surface area contributed by atoms with Crippen molar-refractivity contribution in [2.24, 2.45) is 5.73 Å². The number of nitrogens with two attached hydrogens (primary N) is 1. The standard InChI is InChI=1S/C10H11ClN2O2/c11-8-3-1-7(2-4-8)5-6-13-10(15)9(12)14/h1-4H,5-6H2,(H2,12,14)(H,13,15). The van der Waals surface area contributed by atoms with E-state index in [4.69, 9.17) is 17.3 Å². The van der Waals surface area contributed by atoms with Crippen molar-refractivity contribution in [1.29, 1.82) is 0 Å². The van der Waals surface area contributed by atoms with Gasteiger partial charge in [0, 0.05) is 11.6 Å². The van der Waals surface area contributed by atoms with Gasteiger partial charge in [-0.2, -0.15) is 0 Å². The van der Waals surface area contributed by atoms with Crippen molar-refractivity contribution in [3.8, 4) is 0 Å². The zero-order chi connectivity index (χ0) is 11.3. The molecule has 2 amide bonds. The fourth-order valence-electron chi connectivity index (χ4n) is 1.06. The molecule has 15 heavy (non-hydrogen) atoms. The smallest absolute Gasteiger partial charge is 0.309 e. The van der Waals surface area contributed by atoms with E-state index in [9.17, 15) is 9.59 Å². The Bertz CT molecular complexity index is 362. The van der Waals surface area contributed by atoms with E-state index in [0.717, 1.165) is 5.56 Å². The van der Waals surface area contributed by atoms with Crippen molar-refractivity contribution in [3.05, 3.63) is 34.9 Å². The molecule has 4 nitrogen and oxygen atoms in total. The maximum Gasteiger partial charge on any atom is 0.309 e. The minimum Gasteiger partial charge on any atom is -0.361 e. The van der Waals surface area contributed by atoms with Gasteiger partial charge in [0.15, 0.2) is 0 Å². The number of carbonyl (C=O) groups excluding carboxylic acids is 2. The molecule has 0 aliphatic rings. The fourth-order valence-corrected chi connectivity index (χ4v) is 1.18. The maximum atomic E-state index is 10.8. The molecule has 0 saturated carbocycles. The molecule has 3 N–H and O–H groups in total. The predicted molar refractivity (Wildman–Crippen MR) is 57.4 cm³/mol. The second kappa shape index (κ2) is 5.36. The van der Waals surface area contributed by atoms with E-state index < -0.39 is 11.8 Å². The van der Waals surface area contributed by atoms with Crippen LogP contribution in [-0.4, -0.2) is 18.4 Å². The molecule has 0 aromatic heterocycles. The van der Waals surface area contributed by atoms with Crippen molar-refractivity contribution in [1.82, 2.24) is 5.32 Å². The van der Waals surface area contributed by atoms with Crippen LogP contribution in [0.4, 0.5) is 0 Å². The first kappa shape index (κ1) is 11.5. The zero-order valence-corrected chi connectivity index (χ0v) is 8.75. The van der Waals surface area contributed by atoms with Gasteiger partial charge in [-0.25, -0.2) is 0 Å². The molecule has 0 aliphatic heterocycles. The summed E-state index contributed by atoms with van der Waals surface area (Å²) in [7, 11) is 0. The Hall–Kier alpha value is -1.55. The minimum atomic E-state index is -0.967. The minimum absolute atomic E-state index is 0.378. The molecule has 0 aliphatic carbocycles. The second-order valence-electron chi connectivity index (χ2n) is 3.00. The Labute approximate surface area is 92.4 Å². The molecule has 0 unspecified atom stereocenters. The van der Waals surface area contributed by atoms with Crippen molar-refractivity contribution in [3.63, 3.8) is 0 Å². The number of primary amides is 1. The number of nitrogens with one attached hydrogen (secondary N) is 1. The number of hydrogen-bond donors (Lipinski definition) is 2. The van der Waals surface area contributed by atoms with E-state index in [1.807, 2.05) is 12.1 Å². The first-order valence-corrected chi connectivity index (χ1v) is 4.79. The molecule has 80 valence electrons. The SMILES string of the molecule is NC(=O)C(=O)NCCc1ccc(Cl)cc1. The molecule has 0 atom stereocenters. The lowest BCUT2D eigenvalue weighted by molar-refractivity contribution is -0.137. The van der Waals surface area contributed by atoms with Gasteiger partial charge in [0.1, 0.15) is 0 Å². The molecular formula is C10H11ClN2O2. The summed E-state index contributed by atoms with van der Waals surface area (Å²) >= 11 is 5.71. The molecule has 1 aromatic carbocycles. The van der Waals surface area contributed by atoms with Crippen LogP contribution in [0.25, 0.3) is 0 Å². The van der Waals surface area contributed by atoms with Crippen LogP contribution in [0.1, 0.15) is 5.56 Å². The van der Waals surface area contributed by atoms with E-state index in [0.29, 0.717) is 18.0 Å². The summed E-state index contributed by atoms with van der Waals surface area (Å²) in [6.07, 6.45) is 0.635. The van der Waals surface area contributed by atoms with Gasteiger partial charge in [-0.3, -0.25) is 9.59 Å². The normalized spacial score (nSPS) is 9.67. The summed E-state index contributed by atoms with van der Waals surface area (Å²) in [5.41, 5.74) is 5.80. The van der Waals surface area contributed by atoms with Gasteiger partial charge in [-0.05, 0) is 24.1 Å². The highest BCUT2D eigenvalue weighted by Gasteiger charge is 2.06. The zero-order valence-electron chi connectivity index (χ0n) is 8.00. The summed E-state index contributed by atoms with van der Waals surface area (Å²) in [4.78, 5) is 21.2. The van der Waals surface area contributed by atoms with E-state index in [1.165, 1.54) is 0 Å². The molecule has 0 bridgehead atoms. The highest BCUT2D eigenvalue weighted by Crippen LogP contribution is 2.09. The van der Waals surface area contributed by atoms with Crippen LogP contribution in [0.15, 0.2) is 24.3 Å². The molecule has 0 heterocycles. The molecule has 0 spiro atoms. The molecule has 0 fully saturated rings. The fraction of sp³-hybridized carbons (Fsp3) is 0.200. The van der Waals surface area contributed by atoms with Crippen molar-refractivity contribution in [2.75, 3.05) is 6.54 Å². The molecule has 5 heteroatoms. The topological polar surface area (TPSA) is 72.2 Å². The lowest BCUT2D eigenvalue weighted by Gasteiger charge is -2.02. The van der Waals surface area contributed by atoms with Gasteiger partial charge >= 0.3 is 11.8 Å². The maximum absolute atomic E-state index is 10.8. The van der Waals surface area contributed by atoms with Gasteiger partial charge in [-0.15, -0.1) is 0 Å². The average Bonchev–Trinajstić information content (AvgIpc) is 2.20. The van der Waals surface area contributed by atoms with Crippen molar-refractivity contribution < 1.29 is 9.59 Å². The third-order valence-electron chi connectivity index (χ3n) is 1.84. The number of carbonyl (C=O) groups is 2. The summed E-state index contributed by atoms with van der Waals surface area (Å²) in [6, 6.07) is 7.26. The summed E-state index contributed by atoms with van der Waals surface area (Å²) < 4.78 is 0. The van der Waals surface area contributed by atoms with Crippen LogP contribution in [0, 0.1) is 0 Å². The van der Waals surface area contributed by atoms with Crippen LogP contribution < -0.4 is 11.1 Å². The second-order valence-corrected chi connectivity index (χ2v) is 3.43. The highest BCUT2D eigenvalue weighted by molar-refractivity contribution is 6.34. The Kier molecular flexibility index (Phi) is 4.12. The quantitative estimate of drug-likeness (QED) is 0.736. The first-order chi connectivity index (χ1) is 7.09. The van der Waals surface area contributed by atoms with Gasteiger partial charge < -0.3 is 11.1 Å². The lowest BCUT2D eigenvalue weighted by atomic mass is 10.1.